The first kappa shape index (κ1) is 15.5. The van der Waals surface area contributed by atoms with Gasteiger partial charge in [-0.25, -0.2) is 4.98 Å². The number of carbonyl (C=O) groups is 1. The lowest BCUT2D eigenvalue weighted by Gasteiger charge is -2.00. The molecule has 0 bridgehead atoms. The van der Waals surface area contributed by atoms with E-state index >= 15 is 0 Å². The molecule has 8 heteroatoms. The molecule has 0 saturated carbocycles. The van der Waals surface area contributed by atoms with Crippen LogP contribution >= 0.6 is 23.2 Å². The van der Waals surface area contributed by atoms with Gasteiger partial charge in [0.2, 0.25) is 5.89 Å². The van der Waals surface area contributed by atoms with E-state index in [2.05, 4.69) is 20.5 Å². The van der Waals surface area contributed by atoms with Crippen LogP contribution in [0.4, 0.5) is 6.01 Å². The third-order valence-electron chi connectivity index (χ3n) is 2.94. The van der Waals surface area contributed by atoms with E-state index in [0.29, 0.717) is 28.1 Å². The molecule has 0 aliphatic heterocycles. The van der Waals surface area contributed by atoms with Gasteiger partial charge in [-0.1, -0.05) is 34.4 Å². The van der Waals surface area contributed by atoms with Gasteiger partial charge in [0.1, 0.15) is 5.15 Å². The van der Waals surface area contributed by atoms with Crippen LogP contribution in [-0.4, -0.2) is 21.1 Å². The summed E-state index contributed by atoms with van der Waals surface area (Å²) in [6, 6.07) is 9.98. The van der Waals surface area contributed by atoms with Crippen LogP contribution in [0, 0.1) is 0 Å². The van der Waals surface area contributed by atoms with Crippen molar-refractivity contribution < 1.29 is 9.21 Å². The second-order valence-corrected chi connectivity index (χ2v) is 5.45. The van der Waals surface area contributed by atoms with E-state index in [1.807, 2.05) is 6.07 Å². The highest BCUT2D eigenvalue weighted by molar-refractivity contribution is 6.30. The molecule has 2 aromatic heterocycles. The number of pyridine rings is 1. The number of aromatic nitrogens is 3. The maximum Gasteiger partial charge on any atom is 0.322 e. The largest absolute Gasteiger partial charge is 0.407 e. The Balaban J connectivity index is 1.66. The number of halogens is 2. The highest BCUT2D eigenvalue weighted by atomic mass is 35.5. The Hall–Kier alpha value is -2.44. The van der Waals surface area contributed by atoms with E-state index < -0.39 is 0 Å². The number of anilines is 1. The summed E-state index contributed by atoms with van der Waals surface area (Å²) in [5, 5.41) is 11.2. The Labute approximate surface area is 141 Å². The first-order valence-corrected chi connectivity index (χ1v) is 7.35. The fourth-order valence-electron chi connectivity index (χ4n) is 1.83. The van der Waals surface area contributed by atoms with Crippen LogP contribution < -0.4 is 5.32 Å². The molecule has 1 amide bonds. The van der Waals surface area contributed by atoms with Gasteiger partial charge in [-0.05, 0) is 35.9 Å². The van der Waals surface area contributed by atoms with Crippen LogP contribution in [0.5, 0.6) is 0 Å². The lowest BCUT2D eigenvalue weighted by atomic mass is 10.2. The van der Waals surface area contributed by atoms with Crippen molar-refractivity contribution in [3.05, 3.63) is 69.8 Å². The average molecular weight is 349 g/mol. The first-order chi connectivity index (χ1) is 11.1. The molecule has 3 aromatic rings. The molecule has 0 aliphatic carbocycles. The van der Waals surface area contributed by atoms with Crippen molar-refractivity contribution in [2.45, 2.75) is 6.42 Å². The molecule has 1 aromatic carbocycles. The van der Waals surface area contributed by atoms with E-state index in [1.54, 1.807) is 36.5 Å². The fourth-order valence-corrected chi connectivity index (χ4v) is 2.07. The van der Waals surface area contributed by atoms with Gasteiger partial charge in [0, 0.05) is 16.8 Å². The maximum atomic E-state index is 12.0. The minimum atomic E-state index is -0.356. The fraction of sp³-hybridized carbons (Fsp3) is 0.0667. The molecular formula is C15H10Cl2N4O2. The molecule has 0 fully saturated rings. The van der Waals surface area contributed by atoms with Gasteiger partial charge >= 0.3 is 6.01 Å². The predicted molar refractivity (Wildman–Crippen MR) is 85.8 cm³/mol. The number of amides is 1. The van der Waals surface area contributed by atoms with Crippen molar-refractivity contribution in [3.63, 3.8) is 0 Å². The Morgan fingerprint density at radius 2 is 1.87 bits per heavy atom. The molecule has 23 heavy (non-hydrogen) atoms. The van der Waals surface area contributed by atoms with Gasteiger partial charge in [0.05, 0.1) is 6.42 Å². The van der Waals surface area contributed by atoms with Crippen molar-refractivity contribution in [1.29, 1.82) is 0 Å². The predicted octanol–water partition coefficient (Wildman–Crippen LogP) is 3.61. The standard InChI is InChI=1S/C15H10Cl2N4O2/c16-11-4-2-10(3-5-11)14(22)19-15-21-20-13(23-15)7-9-1-6-12(17)18-8-9/h1-6,8H,7H2,(H,19,21,22). The molecule has 6 nitrogen and oxygen atoms in total. The SMILES string of the molecule is O=C(Nc1nnc(Cc2ccc(Cl)nc2)o1)c1ccc(Cl)cc1. The quantitative estimate of drug-likeness (QED) is 0.728. The highest BCUT2D eigenvalue weighted by Gasteiger charge is 2.12. The molecule has 116 valence electrons. The van der Waals surface area contributed by atoms with Crippen molar-refractivity contribution in [1.82, 2.24) is 15.2 Å². The zero-order valence-corrected chi connectivity index (χ0v) is 13.2. The number of carbonyl (C=O) groups excluding carboxylic acids is 1. The van der Waals surface area contributed by atoms with Crippen LogP contribution in [0.2, 0.25) is 10.2 Å². The van der Waals surface area contributed by atoms with Crippen molar-refractivity contribution in [2.24, 2.45) is 0 Å². The maximum absolute atomic E-state index is 12.0. The summed E-state index contributed by atoms with van der Waals surface area (Å²) in [4.78, 5) is 16.0. The third kappa shape index (κ3) is 4.06. The van der Waals surface area contributed by atoms with Gasteiger partial charge in [0.25, 0.3) is 5.91 Å². The molecule has 1 N–H and O–H groups in total. The van der Waals surface area contributed by atoms with Gasteiger partial charge < -0.3 is 4.42 Å². The number of nitrogens with zero attached hydrogens (tertiary/aromatic N) is 3. The molecule has 0 unspecified atom stereocenters. The number of nitrogens with one attached hydrogen (secondary N) is 1. The normalized spacial score (nSPS) is 10.5. The second kappa shape index (κ2) is 6.76. The van der Waals surface area contributed by atoms with Crippen molar-refractivity contribution >= 4 is 35.1 Å². The number of rotatable bonds is 4. The van der Waals surface area contributed by atoms with E-state index in [4.69, 9.17) is 27.6 Å². The molecular weight excluding hydrogens is 339 g/mol. The molecule has 0 saturated heterocycles. The lowest BCUT2D eigenvalue weighted by Crippen LogP contribution is -2.11. The molecule has 0 spiro atoms. The van der Waals surface area contributed by atoms with Crippen LogP contribution in [0.1, 0.15) is 21.8 Å². The van der Waals surface area contributed by atoms with Gasteiger partial charge in [0.15, 0.2) is 0 Å². The number of benzene rings is 1. The summed E-state index contributed by atoms with van der Waals surface area (Å²) in [6.45, 7) is 0. The van der Waals surface area contributed by atoms with Crippen LogP contribution in [0.3, 0.4) is 0 Å². The Bertz CT molecular complexity index is 816. The highest BCUT2D eigenvalue weighted by Crippen LogP contribution is 2.14. The molecule has 0 atom stereocenters. The minimum absolute atomic E-state index is 0.0295. The monoisotopic (exact) mass is 348 g/mol. The summed E-state index contributed by atoms with van der Waals surface area (Å²) in [7, 11) is 0. The van der Waals surface area contributed by atoms with E-state index in [0.717, 1.165) is 5.56 Å². The zero-order chi connectivity index (χ0) is 16.2. The first-order valence-electron chi connectivity index (χ1n) is 6.60. The Morgan fingerprint density at radius 1 is 1.09 bits per heavy atom. The number of hydrogen-bond acceptors (Lipinski definition) is 5. The molecule has 2 heterocycles. The average Bonchev–Trinajstić information content (AvgIpc) is 2.97. The number of hydrogen-bond donors (Lipinski definition) is 1. The Morgan fingerprint density at radius 3 is 2.57 bits per heavy atom. The summed E-state index contributed by atoms with van der Waals surface area (Å²) >= 11 is 11.5. The lowest BCUT2D eigenvalue weighted by molar-refractivity contribution is 0.102. The second-order valence-electron chi connectivity index (χ2n) is 4.63. The third-order valence-corrected chi connectivity index (χ3v) is 3.41. The van der Waals surface area contributed by atoms with Crippen molar-refractivity contribution in [2.75, 3.05) is 5.32 Å². The van der Waals surface area contributed by atoms with Crippen LogP contribution in [-0.2, 0) is 6.42 Å². The summed E-state index contributed by atoms with van der Waals surface area (Å²) in [5.74, 6) is 0.00514. The zero-order valence-electron chi connectivity index (χ0n) is 11.7. The van der Waals surface area contributed by atoms with Crippen LogP contribution in [0.25, 0.3) is 0 Å². The van der Waals surface area contributed by atoms with E-state index in [1.165, 1.54) is 0 Å². The van der Waals surface area contributed by atoms with Crippen molar-refractivity contribution in [3.8, 4) is 0 Å². The molecule has 3 rings (SSSR count). The molecule has 0 radical (unpaired) electrons. The Kier molecular flexibility index (Phi) is 4.55. The summed E-state index contributed by atoms with van der Waals surface area (Å²) in [5.41, 5.74) is 1.31. The summed E-state index contributed by atoms with van der Waals surface area (Å²) in [6.07, 6.45) is 2.02. The topological polar surface area (TPSA) is 80.9 Å². The van der Waals surface area contributed by atoms with Gasteiger partial charge in [-0.2, -0.15) is 0 Å². The van der Waals surface area contributed by atoms with Crippen LogP contribution in [0.15, 0.2) is 47.0 Å². The summed E-state index contributed by atoms with van der Waals surface area (Å²) < 4.78 is 5.39. The molecule has 0 aliphatic rings. The van der Waals surface area contributed by atoms with Gasteiger partial charge in [-0.15, -0.1) is 5.10 Å². The van der Waals surface area contributed by atoms with E-state index in [-0.39, 0.29) is 11.9 Å². The minimum Gasteiger partial charge on any atom is -0.407 e. The smallest absolute Gasteiger partial charge is 0.322 e. The van der Waals surface area contributed by atoms with E-state index in [9.17, 15) is 4.79 Å². The van der Waals surface area contributed by atoms with Gasteiger partial charge in [-0.3, -0.25) is 10.1 Å².